The van der Waals surface area contributed by atoms with Gasteiger partial charge < -0.3 is 25.4 Å². The molecule has 4 N–H and O–H groups in total. The molecule has 0 radical (unpaired) electrons. The highest BCUT2D eigenvalue weighted by Crippen LogP contribution is 2.32. The van der Waals surface area contributed by atoms with Crippen LogP contribution in [0.3, 0.4) is 0 Å². The molecule has 0 saturated carbocycles. The largest absolute Gasteiger partial charge is 0.394 e. The highest BCUT2D eigenvalue weighted by Gasteiger charge is 2.44. The lowest BCUT2D eigenvalue weighted by molar-refractivity contribution is -0.0511. The van der Waals surface area contributed by atoms with E-state index in [1.165, 1.54) is 10.9 Å². The minimum absolute atomic E-state index is 0.0645. The van der Waals surface area contributed by atoms with Crippen molar-refractivity contribution in [2.45, 2.75) is 24.5 Å². The van der Waals surface area contributed by atoms with Gasteiger partial charge in [-0.1, -0.05) is 0 Å². The first-order valence-electron chi connectivity index (χ1n) is 6.55. The molecule has 10 heteroatoms. The van der Waals surface area contributed by atoms with Crippen LogP contribution in [0.25, 0.3) is 11.2 Å². The highest BCUT2D eigenvalue weighted by molar-refractivity contribution is 5.83. The third kappa shape index (κ3) is 2.08. The molecule has 10 nitrogen and oxygen atoms in total. The number of ether oxygens (including phenoxy) is 1. The van der Waals surface area contributed by atoms with E-state index in [0.29, 0.717) is 11.3 Å². The second-order valence-electron chi connectivity index (χ2n) is 4.81. The standard InChI is InChI=1S/C12H14N6O4/c1-14-10-7-11(17-6(2-13)16-10)18(4-15-7)12-9(21)8(20)5(3-19)22-12/h4-5,8-9,12,19-21H,3H2,1H3,(H,14,16,17). The summed E-state index contributed by atoms with van der Waals surface area (Å²) >= 11 is 0. The number of aromatic nitrogens is 4. The van der Waals surface area contributed by atoms with E-state index in [1.54, 1.807) is 7.05 Å². The Balaban J connectivity index is 2.11. The maximum absolute atomic E-state index is 10.1. The number of anilines is 1. The van der Waals surface area contributed by atoms with Crippen LogP contribution < -0.4 is 5.32 Å². The third-order valence-corrected chi connectivity index (χ3v) is 3.55. The fraction of sp³-hybridized carbons (Fsp3) is 0.500. The van der Waals surface area contributed by atoms with Gasteiger partial charge in [0.2, 0.25) is 5.82 Å². The van der Waals surface area contributed by atoms with Crippen LogP contribution in [-0.2, 0) is 4.74 Å². The van der Waals surface area contributed by atoms with E-state index in [0.717, 1.165) is 0 Å². The Kier molecular flexibility index (Phi) is 3.63. The van der Waals surface area contributed by atoms with Crippen LogP contribution in [0.5, 0.6) is 0 Å². The predicted molar refractivity (Wildman–Crippen MR) is 72.6 cm³/mol. The second-order valence-corrected chi connectivity index (χ2v) is 4.81. The number of nitrogens with zero attached hydrogens (tertiary/aromatic N) is 5. The summed E-state index contributed by atoms with van der Waals surface area (Å²) < 4.78 is 6.85. The van der Waals surface area contributed by atoms with Crippen molar-refractivity contribution >= 4 is 17.0 Å². The van der Waals surface area contributed by atoms with Gasteiger partial charge in [0, 0.05) is 7.05 Å². The van der Waals surface area contributed by atoms with E-state index in [9.17, 15) is 10.2 Å². The predicted octanol–water partition coefficient (Wildman–Crippen LogP) is -1.65. The Bertz CT molecular complexity index is 741. The smallest absolute Gasteiger partial charge is 0.236 e. The zero-order valence-electron chi connectivity index (χ0n) is 11.6. The monoisotopic (exact) mass is 306 g/mol. The van der Waals surface area contributed by atoms with Crippen LogP contribution in [0.4, 0.5) is 5.82 Å². The van der Waals surface area contributed by atoms with Crippen molar-refractivity contribution in [1.29, 1.82) is 5.26 Å². The summed E-state index contributed by atoms with van der Waals surface area (Å²) in [7, 11) is 1.63. The van der Waals surface area contributed by atoms with Gasteiger partial charge in [0.05, 0.1) is 12.9 Å². The summed E-state index contributed by atoms with van der Waals surface area (Å²) in [6, 6.07) is 1.85. The number of aliphatic hydroxyl groups excluding tert-OH is 3. The molecule has 22 heavy (non-hydrogen) atoms. The van der Waals surface area contributed by atoms with Crippen molar-refractivity contribution in [2.24, 2.45) is 0 Å². The molecule has 0 aromatic carbocycles. The number of imidazole rings is 1. The zero-order chi connectivity index (χ0) is 15.9. The lowest BCUT2D eigenvalue weighted by Gasteiger charge is -2.16. The first-order valence-corrected chi connectivity index (χ1v) is 6.55. The summed E-state index contributed by atoms with van der Waals surface area (Å²) in [6.07, 6.45) is -2.98. The van der Waals surface area contributed by atoms with Crippen LogP contribution in [0.2, 0.25) is 0 Å². The normalized spacial score (nSPS) is 28.0. The fourth-order valence-corrected chi connectivity index (χ4v) is 2.44. The van der Waals surface area contributed by atoms with E-state index in [2.05, 4.69) is 20.3 Å². The van der Waals surface area contributed by atoms with E-state index < -0.39 is 31.1 Å². The molecule has 0 spiro atoms. The number of hydrogen-bond acceptors (Lipinski definition) is 9. The molecular formula is C12H14N6O4. The Morgan fingerprint density at radius 1 is 1.41 bits per heavy atom. The minimum atomic E-state index is -1.26. The molecule has 0 aliphatic carbocycles. The number of rotatable bonds is 3. The summed E-state index contributed by atoms with van der Waals surface area (Å²) in [6.45, 7) is -0.429. The summed E-state index contributed by atoms with van der Waals surface area (Å²) in [5.74, 6) is 0.303. The van der Waals surface area contributed by atoms with Gasteiger partial charge in [0.15, 0.2) is 23.2 Å². The second kappa shape index (κ2) is 5.47. The van der Waals surface area contributed by atoms with Crippen LogP contribution in [0.15, 0.2) is 6.33 Å². The molecular weight excluding hydrogens is 292 g/mol. The van der Waals surface area contributed by atoms with Gasteiger partial charge in [-0.3, -0.25) is 4.57 Å². The molecule has 1 aliphatic rings. The molecule has 3 heterocycles. The zero-order valence-corrected chi connectivity index (χ0v) is 11.6. The number of nitrogens with one attached hydrogen (secondary N) is 1. The molecule has 1 saturated heterocycles. The van der Waals surface area contributed by atoms with Crippen molar-refractivity contribution in [1.82, 2.24) is 19.5 Å². The van der Waals surface area contributed by atoms with Gasteiger partial charge in [-0.25, -0.2) is 4.98 Å². The maximum Gasteiger partial charge on any atom is 0.236 e. The Morgan fingerprint density at radius 2 is 2.18 bits per heavy atom. The van der Waals surface area contributed by atoms with Gasteiger partial charge >= 0.3 is 0 Å². The quantitative estimate of drug-likeness (QED) is 0.523. The van der Waals surface area contributed by atoms with Gasteiger partial charge in [-0.2, -0.15) is 15.2 Å². The molecule has 3 rings (SSSR count). The number of hydrogen-bond donors (Lipinski definition) is 4. The number of aliphatic hydroxyl groups is 3. The van der Waals surface area contributed by atoms with Crippen LogP contribution >= 0.6 is 0 Å². The van der Waals surface area contributed by atoms with Gasteiger partial charge in [-0.15, -0.1) is 0 Å². The molecule has 1 fully saturated rings. The lowest BCUT2D eigenvalue weighted by Crippen LogP contribution is -2.33. The molecule has 116 valence electrons. The SMILES string of the molecule is CNc1nc(C#N)nc2c1ncn2C1OC(CO)C(O)C1O. The summed E-state index contributed by atoms with van der Waals surface area (Å²) in [5.41, 5.74) is 0.685. The minimum Gasteiger partial charge on any atom is -0.394 e. The van der Waals surface area contributed by atoms with Crippen molar-refractivity contribution in [3.63, 3.8) is 0 Å². The molecule has 1 aliphatic heterocycles. The first kappa shape index (κ1) is 14.6. The van der Waals surface area contributed by atoms with Gasteiger partial charge in [-0.05, 0) is 0 Å². The van der Waals surface area contributed by atoms with Crippen molar-refractivity contribution in [3.8, 4) is 6.07 Å². The van der Waals surface area contributed by atoms with E-state index in [-0.39, 0.29) is 11.5 Å². The first-order chi connectivity index (χ1) is 10.6. The molecule has 2 aromatic heterocycles. The van der Waals surface area contributed by atoms with Crippen molar-refractivity contribution in [2.75, 3.05) is 19.0 Å². The Hall–Kier alpha value is -2.32. The van der Waals surface area contributed by atoms with Crippen LogP contribution in [-0.4, -0.2) is 66.8 Å². The van der Waals surface area contributed by atoms with Crippen molar-refractivity contribution < 1.29 is 20.1 Å². The maximum atomic E-state index is 10.1. The molecule has 4 unspecified atom stereocenters. The molecule has 0 bridgehead atoms. The average Bonchev–Trinajstić information content (AvgIpc) is 3.08. The van der Waals surface area contributed by atoms with E-state index in [4.69, 9.17) is 15.1 Å². The lowest BCUT2D eigenvalue weighted by atomic mass is 10.1. The van der Waals surface area contributed by atoms with E-state index in [1.807, 2.05) is 6.07 Å². The average molecular weight is 306 g/mol. The third-order valence-electron chi connectivity index (χ3n) is 3.55. The molecule has 2 aromatic rings. The van der Waals surface area contributed by atoms with Crippen LogP contribution in [0, 0.1) is 11.3 Å². The topological polar surface area (TPSA) is 149 Å². The summed E-state index contributed by atoms with van der Waals surface area (Å²) in [4.78, 5) is 12.2. The Morgan fingerprint density at radius 3 is 2.77 bits per heavy atom. The number of nitriles is 1. The van der Waals surface area contributed by atoms with Gasteiger partial charge in [0.1, 0.15) is 24.4 Å². The Labute approximate surface area is 124 Å². The molecule has 0 amide bonds. The van der Waals surface area contributed by atoms with E-state index >= 15 is 0 Å². The highest BCUT2D eigenvalue weighted by atomic mass is 16.6. The molecule has 4 atom stereocenters. The van der Waals surface area contributed by atoms with Crippen LogP contribution in [0.1, 0.15) is 12.1 Å². The van der Waals surface area contributed by atoms with Crippen molar-refractivity contribution in [3.05, 3.63) is 12.2 Å². The number of fused-ring (bicyclic) bond motifs is 1. The van der Waals surface area contributed by atoms with Gasteiger partial charge in [0.25, 0.3) is 0 Å². The fourth-order valence-electron chi connectivity index (χ4n) is 2.44. The summed E-state index contributed by atoms with van der Waals surface area (Å²) in [5, 5.41) is 40.9.